The van der Waals surface area contributed by atoms with E-state index in [0.717, 1.165) is 16.6 Å². The zero-order chi connectivity index (χ0) is 20.0. The number of hydrogen-bond donors (Lipinski definition) is 0. The second-order valence-electron chi connectivity index (χ2n) is 6.32. The molecule has 2 aliphatic rings. The minimum Gasteiger partial charge on any atom is -0.359 e. The number of pyridine rings is 1. The maximum atomic E-state index is 14.0. The minimum atomic E-state index is -0.960. The quantitative estimate of drug-likeness (QED) is 0.366. The van der Waals surface area contributed by atoms with Crippen LogP contribution in [0.15, 0.2) is 59.4 Å². The Kier molecular flexibility index (Phi) is 4.37. The Bertz CT molecular complexity index is 1300. The summed E-state index contributed by atoms with van der Waals surface area (Å²) in [5.74, 6) is -1.09. The van der Waals surface area contributed by atoms with Crippen LogP contribution in [0.5, 0.6) is 0 Å². The normalized spacial score (nSPS) is 11.4. The Hall–Kier alpha value is -3.10. The van der Waals surface area contributed by atoms with E-state index in [1.807, 2.05) is 29.0 Å². The van der Waals surface area contributed by atoms with E-state index in [2.05, 4.69) is 15.1 Å². The Morgan fingerprint density at radius 2 is 1.90 bits per heavy atom. The number of hydrogen-bond acceptors (Lipinski definition) is 5. The molecular weight excluding hydrogens is 418 g/mol. The lowest BCUT2D eigenvalue weighted by molar-refractivity contribution is 0.378. The molecule has 0 amide bonds. The van der Waals surface area contributed by atoms with Crippen LogP contribution in [-0.4, -0.2) is 19.7 Å². The number of rotatable bonds is 4. The molecule has 2 aromatic heterocycles. The number of thiophene rings is 1. The Labute approximate surface area is 172 Å². The van der Waals surface area contributed by atoms with E-state index in [-0.39, 0.29) is 11.4 Å². The van der Waals surface area contributed by atoms with Crippen LogP contribution in [0.4, 0.5) is 8.78 Å². The number of nitrogens with zero attached hydrogens (tertiary/aromatic N) is 4. The number of halogens is 3. The van der Waals surface area contributed by atoms with E-state index in [0.29, 0.717) is 28.0 Å². The van der Waals surface area contributed by atoms with Crippen molar-refractivity contribution >= 4 is 22.9 Å². The van der Waals surface area contributed by atoms with Gasteiger partial charge in [0.25, 0.3) is 0 Å². The van der Waals surface area contributed by atoms with Crippen molar-refractivity contribution in [2.45, 2.75) is 6.54 Å². The van der Waals surface area contributed by atoms with Gasteiger partial charge in [-0.25, -0.2) is 18.7 Å². The summed E-state index contributed by atoms with van der Waals surface area (Å²) in [7, 11) is 0. The fraction of sp³-hybridized carbons (Fsp3) is 0.0500. The van der Waals surface area contributed by atoms with Crippen molar-refractivity contribution in [2.24, 2.45) is 0 Å². The van der Waals surface area contributed by atoms with Gasteiger partial charge in [-0.05, 0) is 30.3 Å². The first-order chi connectivity index (χ1) is 14.1. The smallest absolute Gasteiger partial charge is 0.169 e. The Morgan fingerprint density at radius 1 is 1.03 bits per heavy atom. The third-order valence-electron chi connectivity index (χ3n) is 4.34. The summed E-state index contributed by atoms with van der Waals surface area (Å²) in [5, 5.41) is 4.08. The summed E-state index contributed by atoms with van der Waals surface area (Å²) in [5.41, 5.74) is 1.90. The number of aromatic nitrogens is 4. The first-order valence-corrected chi connectivity index (χ1v) is 9.75. The van der Waals surface area contributed by atoms with Crippen LogP contribution in [-0.2, 0) is 6.54 Å². The van der Waals surface area contributed by atoms with Gasteiger partial charge in [-0.15, -0.1) is 11.3 Å². The summed E-state index contributed by atoms with van der Waals surface area (Å²) in [6, 6.07) is 11.3. The molecule has 0 bridgehead atoms. The SMILES string of the molecule is Fc1cccc(-c2nc3ccn(Cc4cc(-c5ccc(Cl)s5)no4)cc-3n2)c1F. The third-order valence-corrected chi connectivity index (χ3v) is 5.60. The van der Waals surface area contributed by atoms with Crippen LogP contribution in [0.1, 0.15) is 5.76 Å². The molecule has 0 aliphatic carbocycles. The van der Waals surface area contributed by atoms with Crippen LogP contribution < -0.4 is 0 Å². The molecule has 0 N–H and O–H groups in total. The molecule has 0 fully saturated rings. The molecule has 4 heterocycles. The van der Waals surface area contributed by atoms with Gasteiger partial charge in [-0.3, -0.25) is 0 Å². The zero-order valence-electron chi connectivity index (χ0n) is 14.6. The fourth-order valence-electron chi connectivity index (χ4n) is 2.98. The average molecular weight is 429 g/mol. The highest BCUT2D eigenvalue weighted by Crippen LogP contribution is 2.31. The topological polar surface area (TPSA) is 56.7 Å². The maximum absolute atomic E-state index is 14.0. The van der Waals surface area contributed by atoms with Crippen LogP contribution in [0.3, 0.4) is 0 Å². The van der Waals surface area contributed by atoms with Crippen LogP contribution >= 0.6 is 22.9 Å². The average Bonchev–Trinajstić information content (AvgIpc) is 3.43. The fourth-order valence-corrected chi connectivity index (χ4v) is 3.98. The molecule has 0 saturated heterocycles. The van der Waals surface area contributed by atoms with Crippen molar-refractivity contribution in [1.82, 2.24) is 19.7 Å². The monoisotopic (exact) mass is 428 g/mol. The molecule has 0 saturated carbocycles. The molecule has 0 unspecified atom stereocenters. The van der Waals surface area contributed by atoms with Gasteiger partial charge in [0.1, 0.15) is 11.4 Å². The first kappa shape index (κ1) is 18.0. The second kappa shape index (κ2) is 7.06. The largest absolute Gasteiger partial charge is 0.359 e. The van der Waals surface area contributed by atoms with Gasteiger partial charge in [0, 0.05) is 18.5 Å². The predicted molar refractivity (Wildman–Crippen MR) is 106 cm³/mol. The van der Waals surface area contributed by atoms with Crippen molar-refractivity contribution in [1.29, 1.82) is 0 Å². The van der Waals surface area contributed by atoms with Crippen molar-refractivity contribution in [3.05, 3.63) is 76.6 Å². The molecule has 144 valence electrons. The van der Waals surface area contributed by atoms with Crippen molar-refractivity contribution in [2.75, 3.05) is 0 Å². The summed E-state index contributed by atoms with van der Waals surface area (Å²) in [6.45, 7) is 0.429. The van der Waals surface area contributed by atoms with E-state index in [9.17, 15) is 8.78 Å². The summed E-state index contributed by atoms with van der Waals surface area (Å²) >= 11 is 7.39. The lowest BCUT2D eigenvalue weighted by atomic mass is 10.2. The van der Waals surface area contributed by atoms with Gasteiger partial charge >= 0.3 is 0 Å². The van der Waals surface area contributed by atoms with Gasteiger partial charge in [0.05, 0.1) is 27.0 Å². The van der Waals surface area contributed by atoms with Crippen LogP contribution in [0, 0.1) is 11.6 Å². The van der Waals surface area contributed by atoms with E-state index in [1.165, 1.54) is 23.5 Å². The summed E-state index contributed by atoms with van der Waals surface area (Å²) in [6.07, 6.45) is 3.58. The van der Waals surface area contributed by atoms with Crippen molar-refractivity contribution < 1.29 is 13.3 Å². The molecule has 3 aromatic rings. The number of fused-ring (bicyclic) bond motifs is 1. The minimum absolute atomic E-state index is 0.0298. The van der Waals surface area contributed by atoms with E-state index in [1.54, 1.807) is 12.3 Å². The summed E-state index contributed by atoms with van der Waals surface area (Å²) in [4.78, 5) is 9.57. The molecular formula is C20H11ClF2N4OS. The molecule has 9 heteroatoms. The van der Waals surface area contributed by atoms with Gasteiger partial charge in [-0.2, -0.15) is 0 Å². The molecule has 1 aromatic carbocycles. The highest BCUT2D eigenvalue weighted by molar-refractivity contribution is 7.19. The first-order valence-electron chi connectivity index (χ1n) is 8.56. The van der Waals surface area contributed by atoms with E-state index in [4.69, 9.17) is 16.1 Å². The number of benzene rings is 1. The van der Waals surface area contributed by atoms with Crippen molar-refractivity contribution in [3.63, 3.8) is 0 Å². The predicted octanol–water partition coefficient (Wildman–Crippen LogP) is 5.75. The Morgan fingerprint density at radius 3 is 2.72 bits per heavy atom. The highest BCUT2D eigenvalue weighted by atomic mass is 35.5. The van der Waals surface area contributed by atoms with Gasteiger partial charge in [0.2, 0.25) is 0 Å². The van der Waals surface area contributed by atoms with Gasteiger partial charge < -0.3 is 9.09 Å². The standard InChI is InChI=1S/C20H11ClF2N4OS/c21-18-5-4-17(29-18)15-8-11(28-26-15)9-27-7-6-14-16(10-27)25-20(24-14)12-2-1-3-13(22)19(12)23/h1-8,10H,9H2. The van der Waals surface area contributed by atoms with E-state index >= 15 is 0 Å². The molecule has 5 nitrogen and oxygen atoms in total. The lowest BCUT2D eigenvalue weighted by Crippen LogP contribution is -1.99. The molecule has 0 atom stereocenters. The van der Waals surface area contributed by atoms with Crippen LogP contribution in [0.25, 0.3) is 33.3 Å². The van der Waals surface area contributed by atoms with E-state index < -0.39 is 11.6 Å². The zero-order valence-corrected chi connectivity index (χ0v) is 16.2. The second-order valence-corrected chi connectivity index (χ2v) is 8.03. The highest BCUT2D eigenvalue weighted by Gasteiger charge is 2.18. The maximum Gasteiger partial charge on any atom is 0.169 e. The number of imidazole rings is 1. The van der Waals surface area contributed by atoms with Gasteiger partial charge in [-0.1, -0.05) is 22.8 Å². The molecule has 5 rings (SSSR count). The van der Waals surface area contributed by atoms with Crippen molar-refractivity contribution in [3.8, 4) is 33.3 Å². The third kappa shape index (κ3) is 3.41. The molecule has 0 spiro atoms. The molecule has 29 heavy (non-hydrogen) atoms. The Balaban J connectivity index is 1.43. The molecule has 0 radical (unpaired) electrons. The van der Waals surface area contributed by atoms with Gasteiger partial charge in [0.15, 0.2) is 23.2 Å². The molecule has 2 aliphatic heterocycles. The lowest BCUT2D eigenvalue weighted by Gasteiger charge is -2.04. The van der Waals surface area contributed by atoms with Crippen LogP contribution in [0.2, 0.25) is 4.34 Å². The summed E-state index contributed by atoms with van der Waals surface area (Å²) < 4.78 is 35.5.